The molecule has 0 unspecified atom stereocenters. The topological polar surface area (TPSA) is 43.4 Å². The molecule has 0 aliphatic carbocycles. The Kier molecular flexibility index (Phi) is 13.9. The van der Waals surface area contributed by atoms with Crippen LogP contribution in [0.1, 0.15) is 90.9 Å². The average Bonchev–Trinajstić information content (AvgIpc) is 2.43. The van der Waals surface area contributed by atoms with Crippen LogP contribution in [0.5, 0.6) is 0 Å². The fraction of sp³-hybridized carbons (Fsp3) is 0.882. The molecule has 0 N–H and O–H groups in total. The van der Waals surface area contributed by atoms with E-state index in [1.807, 2.05) is 6.92 Å². The van der Waals surface area contributed by atoms with Gasteiger partial charge in [0.25, 0.3) is 0 Å². The number of Topliss-reactive ketones (excluding diaryl/α,β-unsaturated/α-hetero) is 1. The van der Waals surface area contributed by atoms with E-state index in [1.165, 1.54) is 44.9 Å². The van der Waals surface area contributed by atoms with Gasteiger partial charge in [-0.15, -0.1) is 0 Å². The molecule has 0 radical (unpaired) electrons. The second-order valence-electron chi connectivity index (χ2n) is 5.51. The zero-order chi connectivity index (χ0) is 15.1. The normalized spacial score (nSPS) is 10.5. The van der Waals surface area contributed by atoms with Crippen molar-refractivity contribution in [3.05, 3.63) is 0 Å². The maximum atomic E-state index is 11.5. The second kappa shape index (κ2) is 14.5. The Bertz CT molecular complexity index is 249. The summed E-state index contributed by atoms with van der Waals surface area (Å²) in [5.74, 6) is -0.346. The van der Waals surface area contributed by atoms with E-state index in [-0.39, 0.29) is 18.2 Å². The predicted molar refractivity (Wildman–Crippen MR) is 82.7 cm³/mol. The van der Waals surface area contributed by atoms with E-state index in [0.29, 0.717) is 13.0 Å². The second-order valence-corrected chi connectivity index (χ2v) is 5.51. The highest BCUT2D eigenvalue weighted by Gasteiger charge is 2.09. The summed E-state index contributed by atoms with van der Waals surface area (Å²) in [6.07, 6.45) is 12.4. The van der Waals surface area contributed by atoms with Gasteiger partial charge in [-0.05, 0) is 12.8 Å². The SMILES string of the molecule is CCCCCCCCCCCC(=O)CC(=O)OCCC. The third kappa shape index (κ3) is 13.6. The van der Waals surface area contributed by atoms with Crippen molar-refractivity contribution < 1.29 is 14.3 Å². The van der Waals surface area contributed by atoms with E-state index < -0.39 is 0 Å². The van der Waals surface area contributed by atoms with Gasteiger partial charge in [-0.3, -0.25) is 9.59 Å². The smallest absolute Gasteiger partial charge is 0.313 e. The van der Waals surface area contributed by atoms with Gasteiger partial charge in [0.1, 0.15) is 12.2 Å². The van der Waals surface area contributed by atoms with Gasteiger partial charge in [0.05, 0.1) is 6.61 Å². The lowest BCUT2D eigenvalue weighted by Gasteiger charge is -2.03. The van der Waals surface area contributed by atoms with Gasteiger partial charge >= 0.3 is 5.97 Å². The minimum Gasteiger partial charge on any atom is -0.465 e. The minimum absolute atomic E-state index is 0.0223. The van der Waals surface area contributed by atoms with Crippen molar-refractivity contribution in [3.63, 3.8) is 0 Å². The molecule has 0 rings (SSSR count). The number of esters is 1. The van der Waals surface area contributed by atoms with Gasteiger partial charge in [0.2, 0.25) is 0 Å². The maximum absolute atomic E-state index is 11.5. The molecule has 0 aromatic rings. The maximum Gasteiger partial charge on any atom is 0.313 e. The first-order valence-corrected chi connectivity index (χ1v) is 8.38. The Labute approximate surface area is 124 Å². The first kappa shape index (κ1) is 19.1. The number of carbonyl (C=O) groups excluding carboxylic acids is 2. The van der Waals surface area contributed by atoms with Crippen molar-refractivity contribution in [3.8, 4) is 0 Å². The van der Waals surface area contributed by atoms with Crippen molar-refractivity contribution in [2.45, 2.75) is 90.9 Å². The number of unbranched alkanes of at least 4 members (excludes halogenated alkanes) is 8. The fourth-order valence-electron chi connectivity index (χ4n) is 2.15. The van der Waals surface area contributed by atoms with Gasteiger partial charge in [-0.25, -0.2) is 0 Å². The van der Waals surface area contributed by atoms with E-state index in [9.17, 15) is 9.59 Å². The van der Waals surface area contributed by atoms with Crippen LogP contribution < -0.4 is 0 Å². The Morgan fingerprint density at radius 1 is 0.750 bits per heavy atom. The monoisotopic (exact) mass is 284 g/mol. The highest BCUT2D eigenvalue weighted by Crippen LogP contribution is 2.11. The van der Waals surface area contributed by atoms with Crippen LogP contribution in [0, 0.1) is 0 Å². The summed E-state index contributed by atoms with van der Waals surface area (Å²) >= 11 is 0. The summed E-state index contributed by atoms with van der Waals surface area (Å²) in [5.41, 5.74) is 0. The lowest BCUT2D eigenvalue weighted by Crippen LogP contribution is -2.11. The summed E-state index contributed by atoms with van der Waals surface area (Å²) < 4.78 is 4.89. The molecule has 0 saturated carbocycles. The largest absolute Gasteiger partial charge is 0.465 e. The molecular formula is C17H32O3. The Balaban J connectivity index is 3.29. The third-order valence-electron chi connectivity index (χ3n) is 3.37. The highest BCUT2D eigenvalue weighted by molar-refractivity contribution is 5.95. The van der Waals surface area contributed by atoms with Crippen molar-refractivity contribution in [2.75, 3.05) is 6.61 Å². The number of hydrogen-bond donors (Lipinski definition) is 0. The van der Waals surface area contributed by atoms with Crippen molar-refractivity contribution in [2.24, 2.45) is 0 Å². The number of hydrogen-bond acceptors (Lipinski definition) is 3. The first-order valence-electron chi connectivity index (χ1n) is 8.38. The average molecular weight is 284 g/mol. The molecule has 0 aliphatic rings. The number of ether oxygens (including phenoxy) is 1. The summed E-state index contributed by atoms with van der Waals surface area (Å²) in [4.78, 5) is 22.8. The molecule has 3 nitrogen and oxygen atoms in total. The van der Waals surface area contributed by atoms with E-state index in [0.717, 1.165) is 19.3 Å². The van der Waals surface area contributed by atoms with E-state index in [2.05, 4.69) is 6.92 Å². The van der Waals surface area contributed by atoms with Crippen LogP contribution in [0.3, 0.4) is 0 Å². The van der Waals surface area contributed by atoms with Crippen LogP contribution >= 0.6 is 0 Å². The van der Waals surface area contributed by atoms with Crippen LogP contribution in [0.4, 0.5) is 0 Å². The predicted octanol–water partition coefficient (Wildman–Crippen LogP) is 4.82. The van der Waals surface area contributed by atoms with Gasteiger partial charge in [0, 0.05) is 6.42 Å². The first-order chi connectivity index (χ1) is 9.70. The molecule has 0 aliphatic heterocycles. The lowest BCUT2D eigenvalue weighted by molar-refractivity contribution is -0.146. The zero-order valence-electron chi connectivity index (χ0n) is 13.4. The molecule has 0 heterocycles. The minimum atomic E-state index is -0.368. The number of rotatable bonds is 14. The van der Waals surface area contributed by atoms with Crippen molar-refractivity contribution in [1.29, 1.82) is 0 Å². The zero-order valence-corrected chi connectivity index (χ0v) is 13.4. The van der Waals surface area contributed by atoms with Gasteiger partial charge in [-0.1, -0.05) is 65.2 Å². The van der Waals surface area contributed by atoms with Gasteiger partial charge in [0.15, 0.2) is 0 Å². The lowest BCUT2D eigenvalue weighted by atomic mass is 10.0. The number of ketones is 1. The Morgan fingerprint density at radius 2 is 1.30 bits per heavy atom. The quantitative estimate of drug-likeness (QED) is 0.261. The molecule has 0 aromatic carbocycles. The molecule has 0 spiro atoms. The summed E-state index contributed by atoms with van der Waals surface area (Å²) in [7, 11) is 0. The molecule has 3 heteroatoms. The standard InChI is InChI=1S/C17H32O3/c1-3-5-6-7-8-9-10-11-12-13-16(18)15-17(19)20-14-4-2/h3-15H2,1-2H3. The van der Waals surface area contributed by atoms with Crippen LogP contribution in [0.2, 0.25) is 0 Å². The third-order valence-corrected chi connectivity index (χ3v) is 3.37. The van der Waals surface area contributed by atoms with Crippen LogP contribution in [0.25, 0.3) is 0 Å². The van der Waals surface area contributed by atoms with E-state index in [4.69, 9.17) is 4.74 Å². The van der Waals surface area contributed by atoms with Gasteiger partial charge in [-0.2, -0.15) is 0 Å². The van der Waals surface area contributed by atoms with Crippen LogP contribution in [-0.4, -0.2) is 18.4 Å². The molecule has 0 aromatic heterocycles. The van der Waals surface area contributed by atoms with Crippen molar-refractivity contribution >= 4 is 11.8 Å². The molecule has 118 valence electrons. The summed E-state index contributed by atoms with van der Waals surface area (Å²) in [6.45, 7) is 4.59. The Morgan fingerprint density at radius 3 is 1.85 bits per heavy atom. The molecule has 0 saturated heterocycles. The van der Waals surface area contributed by atoms with E-state index in [1.54, 1.807) is 0 Å². The number of carbonyl (C=O) groups is 2. The molecule has 0 amide bonds. The summed E-state index contributed by atoms with van der Waals surface area (Å²) in [5, 5.41) is 0. The highest BCUT2D eigenvalue weighted by atomic mass is 16.5. The molecule has 0 fully saturated rings. The van der Waals surface area contributed by atoms with Gasteiger partial charge < -0.3 is 4.74 Å². The Hall–Kier alpha value is -0.860. The van der Waals surface area contributed by atoms with Crippen LogP contribution in [-0.2, 0) is 14.3 Å². The fourth-order valence-corrected chi connectivity index (χ4v) is 2.15. The van der Waals surface area contributed by atoms with E-state index >= 15 is 0 Å². The van der Waals surface area contributed by atoms with Crippen molar-refractivity contribution in [1.82, 2.24) is 0 Å². The summed E-state index contributed by atoms with van der Waals surface area (Å²) in [6, 6.07) is 0. The molecule has 0 bridgehead atoms. The molecule has 0 atom stereocenters. The molecular weight excluding hydrogens is 252 g/mol. The van der Waals surface area contributed by atoms with Crippen LogP contribution in [0.15, 0.2) is 0 Å². The molecule has 20 heavy (non-hydrogen) atoms.